The summed E-state index contributed by atoms with van der Waals surface area (Å²) in [6, 6.07) is -1.03. The van der Waals surface area contributed by atoms with Gasteiger partial charge in [-0.3, -0.25) is 9.80 Å². The van der Waals surface area contributed by atoms with Crippen LogP contribution in [0.1, 0.15) is 0 Å². The zero-order valence-electron chi connectivity index (χ0n) is 11.0. The second kappa shape index (κ2) is 5.04. The largest absolute Gasteiger partial charge is 0.371 e. The van der Waals surface area contributed by atoms with Gasteiger partial charge in [0.2, 0.25) is 6.35 Å². The second-order valence-corrected chi connectivity index (χ2v) is 5.03. The number of hydrogen-bond acceptors (Lipinski definition) is 5. The molecule has 3 heterocycles. The Morgan fingerprint density at radius 3 is 2.25 bits per heavy atom. The molecule has 0 aliphatic carbocycles. The Morgan fingerprint density at radius 2 is 1.70 bits per heavy atom. The van der Waals surface area contributed by atoms with E-state index in [0.717, 1.165) is 4.90 Å². The van der Waals surface area contributed by atoms with Gasteiger partial charge in [-0.25, -0.2) is 14.5 Å². The topological polar surface area (TPSA) is 89.2 Å². The van der Waals surface area contributed by atoms with Crippen molar-refractivity contribution in [2.24, 2.45) is 0 Å². The molecule has 3 aliphatic rings. The Balaban J connectivity index is 1.78. The number of urea groups is 2. The lowest BCUT2D eigenvalue weighted by Crippen LogP contribution is -2.67. The summed E-state index contributed by atoms with van der Waals surface area (Å²) < 4.78 is 10.2. The minimum absolute atomic E-state index is 0.0635. The summed E-state index contributed by atoms with van der Waals surface area (Å²) in [5.74, 6) is 0. The highest BCUT2D eigenvalue weighted by Crippen LogP contribution is 2.23. The van der Waals surface area contributed by atoms with Gasteiger partial charge in [0, 0.05) is 6.54 Å². The van der Waals surface area contributed by atoms with Crippen molar-refractivity contribution in [2.45, 2.75) is 18.6 Å². The number of rotatable bonds is 6. The molecule has 3 atom stereocenters. The lowest BCUT2D eigenvalue weighted by atomic mass is 10.3. The first-order chi connectivity index (χ1) is 9.61. The minimum Gasteiger partial charge on any atom is -0.371 e. The number of nitrogens with zero attached hydrogens (tertiary/aromatic N) is 3. The molecule has 0 aromatic carbocycles. The van der Waals surface area contributed by atoms with Crippen LogP contribution < -0.4 is 0 Å². The third-order valence-corrected chi connectivity index (χ3v) is 3.43. The molecule has 3 aliphatic heterocycles. The third-order valence-electron chi connectivity index (χ3n) is 3.43. The average Bonchev–Trinajstić information content (AvgIpc) is 3.30. The van der Waals surface area contributed by atoms with Crippen molar-refractivity contribution in [1.82, 2.24) is 14.7 Å². The van der Waals surface area contributed by atoms with Crippen molar-refractivity contribution in [3.63, 3.8) is 0 Å². The number of aliphatic hydroxyl groups is 1. The van der Waals surface area contributed by atoms with Crippen LogP contribution >= 0.6 is 0 Å². The number of aliphatic hydroxyl groups excluding tert-OH is 1. The van der Waals surface area contributed by atoms with Crippen molar-refractivity contribution in [3.8, 4) is 0 Å². The lowest BCUT2D eigenvalue weighted by molar-refractivity contribution is -0.0906. The molecule has 3 fully saturated rings. The second-order valence-electron chi connectivity index (χ2n) is 5.03. The monoisotopic (exact) mass is 283 g/mol. The summed E-state index contributed by atoms with van der Waals surface area (Å²) in [6.45, 7) is 5.32. The van der Waals surface area contributed by atoms with E-state index in [1.54, 1.807) is 0 Å². The number of imide groups is 1. The molecule has 20 heavy (non-hydrogen) atoms. The van der Waals surface area contributed by atoms with E-state index < -0.39 is 18.4 Å². The van der Waals surface area contributed by atoms with E-state index in [-0.39, 0.29) is 31.8 Å². The van der Waals surface area contributed by atoms with Crippen LogP contribution in [0.25, 0.3) is 0 Å². The molecular weight excluding hydrogens is 266 g/mol. The fourth-order valence-electron chi connectivity index (χ4n) is 2.17. The normalized spacial score (nSPS) is 32.6. The van der Waals surface area contributed by atoms with E-state index in [1.165, 1.54) is 15.9 Å². The smallest absolute Gasteiger partial charge is 0.332 e. The van der Waals surface area contributed by atoms with Gasteiger partial charge in [-0.15, -0.1) is 6.58 Å². The van der Waals surface area contributed by atoms with E-state index in [2.05, 4.69) is 6.58 Å². The Morgan fingerprint density at radius 1 is 1.15 bits per heavy atom. The van der Waals surface area contributed by atoms with E-state index in [9.17, 15) is 14.7 Å². The van der Waals surface area contributed by atoms with Crippen LogP contribution in [0, 0.1) is 0 Å². The van der Waals surface area contributed by atoms with Crippen molar-refractivity contribution >= 4 is 12.1 Å². The Kier molecular flexibility index (Phi) is 3.36. The van der Waals surface area contributed by atoms with Crippen LogP contribution in [0.4, 0.5) is 9.59 Å². The Labute approximate surface area is 116 Å². The number of carbonyl (C=O) groups is 2. The average molecular weight is 283 g/mol. The van der Waals surface area contributed by atoms with E-state index in [1.807, 2.05) is 0 Å². The fraction of sp³-hybridized carbons (Fsp3) is 0.667. The Bertz CT molecular complexity index is 435. The van der Waals surface area contributed by atoms with Crippen LogP contribution in [0.5, 0.6) is 0 Å². The van der Waals surface area contributed by atoms with Gasteiger partial charge >= 0.3 is 12.1 Å². The first kappa shape index (κ1) is 13.3. The summed E-state index contributed by atoms with van der Waals surface area (Å²) in [5.41, 5.74) is 0. The van der Waals surface area contributed by atoms with Gasteiger partial charge in [0.1, 0.15) is 0 Å². The quantitative estimate of drug-likeness (QED) is 0.519. The standard InChI is InChI=1S/C12H17N3O5/c1-2-3-13-10(16)14(4-8-6-19-8)12(18)15(11(13)17)5-9-7-20-9/h2,8-10,16H,1,3-7H2. The van der Waals surface area contributed by atoms with Crippen LogP contribution in [0.2, 0.25) is 0 Å². The highest BCUT2D eigenvalue weighted by molar-refractivity contribution is 5.96. The summed E-state index contributed by atoms with van der Waals surface area (Å²) in [5, 5.41) is 10.2. The molecule has 0 spiro atoms. The van der Waals surface area contributed by atoms with Crippen LogP contribution in [-0.4, -0.2) is 83.3 Å². The van der Waals surface area contributed by atoms with E-state index in [0.29, 0.717) is 13.2 Å². The molecule has 0 aromatic heterocycles. The number of ether oxygens (including phenoxy) is 2. The number of epoxide rings is 2. The summed E-state index contributed by atoms with van der Waals surface area (Å²) in [7, 11) is 0. The van der Waals surface area contributed by atoms with Crippen LogP contribution in [0.15, 0.2) is 12.7 Å². The van der Waals surface area contributed by atoms with Gasteiger partial charge in [-0.1, -0.05) is 6.08 Å². The van der Waals surface area contributed by atoms with Gasteiger partial charge < -0.3 is 14.6 Å². The predicted octanol–water partition coefficient (Wildman–Crippen LogP) is -0.595. The molecule has 1 N–H and O–H groups in total. The van der Waals surface area contributed by atoms with E-state index >= 15 is 0 Å². The van der Waals surface area contributed by atoms with Crippen molar-refractivity contribution in [3.05, 3.63) is 12.7 Å². The maximum Gasteiger partial charge on any atom is 0.332 e. The molecule has 3 unspecified atom stereocenters. The predicted molar refractivity (Wildman–Crippen MR) is 66.6 cm³/mol. The molecule has 0 radical (unpaired) electrons. The zero-order valence-corrected chi connectivity index (χ0v) is 11.0. The molecule has 8 nitrogen and oxygen atoms in total. The third kappa shape index (κ3) is 2.49. The van der Waals surface area contributed by atoms with Gasteiger partial charge in [-0.2, -0.15) is 0 Å². The molecule has 8 heteroatoms. The molecule has 0 bridgehead atoms. The molecule has 3 rings (SSSR count). The maximum atomic E-state index is 12.3. The molecular formula is C12H17N3O5. The van der Waals surface area contributed by atoms with Gasteiger partial charge in [0.25, 0.3) is 0 Å². The zero-order chi connectivity index (χ0) is 14.3. The highest BCUT2D eigenvalue weighted by Gasteiger charge is 2.46. The molecule has 0 aromatic rings. The minimum atomic E-state index is -1.28. The Hall–Kier alpha value is -1.64. The van der Waals surface area contributed by atoms with Crippen molar-refractivity contribution in [1.29, 1.82) is 0 Å². The first-order valence-corrected chi connectivity index (χ1v) is 6.52. The molecule has 3 saturated heterocycles. The lowest BCUT2D eigenvalue weighted by Gasteiger charge is -2.44. The number of hydrogen-bond donors (Lipinski definition) is 1. The van der Waals surface area contributed by atoms with Gasteiger partial charge in [0.05, 0.1) is 38.5 Å². The highest BCUT2D eigenvalue weighted by atomic mass is 16.6. The summed E-state index contributed by atoms with van der Waals surface area (Å²) in [6.07, 6.45) is 0.0665. The van der Waals surface area contributed by atoms with E-state index in [4.69, 9.17) is 9.47 Å². The SMILES string of the molecule is C=CCN1C(=O)N(CC2CO2)C(=O)N(CC2CO2)C1O. The van der Waals surface area contributed by atoms with Gasteiger partial charge in [-0.05, 0) is 0 Å². The first-order valence-electron chi connectivity index (χ1n) is 6.52. The number of amides is 4. The molecule has 4 amide bonds. The van der Waals surface area contributed by atoms with Crippen molar-refractivity contribution in [2.75, 3.05) is 32.8 Å². The molecule has 110 valence electrons. The number of carbonyl (C=O) groups excluding carboxylic acids is 2. The summed E-state index contributed by atoms with van der Waals surface area (Å²) >= 11 is 0. The molecule has 0 saturated carbocycles. The van der Waals surface area contributed by atoms with Crippen molar-refractivity contribution < 1.29 is 24.2 Å². The maximum absolute atomic E-state index is 12.3. The van der Waals surface area contributed by atoms with Gasteiger partial charge in [0.15, 0.2) is 0 Å². The fourth-order valence-corrected chi connectivity index (χ4v) is 2.17. The van der Waals surface area contributed by atoms with Crippen LogP contribution in [0.3, 0.4) is 0 Å². The van der Waals surface area contributed by atoms with Crippen LogP contribution in [-0.2, 0) is 9.47 Å². The summed E-state index contributed by atoms with van der Waals surface area (Å²) in [4.78, 5) is 28.1.